The first-order valence-electron chi connectivity index (χ1n) is 10.0. The molecule has 0 aromatic heterocycles. The van der Waals surface area contributed by atoms with E-state index in [4.69, 9.17) is 10.6 Å². The molecule has 5 N–H and O–H groups in total. The lowest BCUT2D eigenvalue weighted by atomic mass is 9.80. The number of nitrogens with two attached hydrogens (primary N) is 1. The van der Waals surface area contributed by atoms with E-state index in [0.717, 1.165) is 43.1 Å². The number of hydrogen-bond acceptors (Lipinski definition) is 8. The second-order valence-corrected chi connectivity index (χ2v) is 8.07. The van der Waals surface area contributed by atoms with Crippen LogP contribution in [0.5, 0.6) is 0 Å². The predicted molar refractivity (Wildman–Crippen MR) is 111 cm³/mol. The van der Waals surface area contributed by atoms with Gasteiger partial charge in [0.1, 0.15) is 12.0 Å². The van der Waals surface area contributed by atoms with Crippen LogP contribution in [0.3, 0.4) is 0 Å². The minimum absolute atomic E-state index is 0.0384. The average molecular weight is 391 g/mol. The first kappa shape index (κ1) is 20.9. The van der Waals surface area contributed by atoms with Gasteiger partial charge < -0.3 is 20.1 Å². The molecule has 1 aliphatic carbocycles. The summed E-state index contributed by atoms with van der Waals surface area (Å²) in [6.07, 6.45) is 7.20. The fourth-order valence-electron chi connectivity index (χ4n) is 3.96. The number of piperazine rings is 1. The molecule has 2 heterocycles. The van der Waals surface area contributed by atoms with Crippen molar-refractivity contribution in [2.24, 2.45) is 16.8 Å². The quantitative estimate of drug-likeness (QED) is 0.298. The highest BCUT2D eigenvalue weighted by molar-refractivity contribution is 5.60. The molecule has 3 rings (SSSR count). The maximum Gasteiger partial charge on any atom is 0.128 e. The second kappa shape index (κ2) is 9.09. The average Bonchev–Trinajstić information content (AvgIpc) is 2.69. The number of ether oxygens (including phenoxy) is 1. The topological polar surface area (TPSA) is 98.4 Å². The molecule has 28 heavy (non-hydrogen) atoms. The number of aliphatic hydroxyl groups excluding tert-OH is 1. The lowest BCUT2D eigenvalue weighted by Gasteiger charge is -2.39. The van der Waals surface area contributed by atoms with Crippen molar-refractivity contribution in [3.8, 4) is 0 Å². The van der Waals surface area contributed by atoms with E-state index >= 15 is 0 Å². The second-order valence-electron chi connectivity index (χ2n) is 8.07. The Morgan fingerprint density at radius 2 is 2.25 bits per heavy atom. The Hall–Kier alpha value is -1.87. The van der Waals surface area contributed by atoms with Gasteiger partial charge in [-0.3, -0.25) is 16.2 Å². The summed E-state index contributed by atoms with van der Waals surface area (Å²) in [6, 6.07) is 0.0820. The van der Waals surface area contributed by atoms with Gasteiger partial charge in [-0.25, -0.2) is 4.99 Å². The zero-order valence-corrected chi connectivity index (χ0v) is 17.1. The summed E-state index contributed by atoms with van der Waals surface area (Å²) in [5.41, 5.74) is 4.00. The van der Waals surface area contributed by atoms with E-state index in [1.807, 2.05) is 25.8 Å². The van der Waals surface area contributed by atoms with Crippen molar-refractivity contribution in [1.82, 2.24) is 20.5 Å². The number of likely N-dealkylation sites (N-methyl/N-ethyl adjacent to an activating group) is 1. The third kappa shape index (κ3) is 4.75. The largest absolute Gasteiger partial charge is 0.496 e. The van der Waals surface area contributed by atoms with Crippen molar-refractivity contribution in [3.63, 3.8) is 0 Å². The third-order valence-electron chi connectivity index (χ3n) is 5.69. The number of aliphatic imine (C=N–C) groups is 1. The van der Waals surface area contributed by atoms with E-state index in [0.29, 0.717) is 6.54 Å². The van der Waals surface area contributed by atoms with Crippen molar-refractivity contribution >= 4 is 6.34 Å². The smallest absolute Gasteiger partial charge is 0.128 e. The Morgan fingerprint density at radius 3 is 2.93 bits per heavy atom. The number of nitrogens with one attached hydrogen (secondary N) is 2. The zero-order chi connectivity index (χ0) is 20.3. The molecule has 0 bridgehead atoms. The molecule has 0 radical (unpaired) electrons. The van der Waals surface area contributed by atoms with Gasteiger partial charge in [0.25, 0.3) is 0 Å². The zero-order valence-electron chi connectivity index (χ0n) is 17.1. The van der Waals surface area contributed by atoms with Crippen molar-refractivity contribution in [1.29, 1.82) is 0 Å². The molecule has 0 aromatic rings. The van der Waals surface area contributed by atoms with E-state index in [2.05, 4.69) is 39.4 Å². The molecule has 0 amide bonds. The molecule has 3 aliphatic rings. The van der Waals surface area contributed by atoms with Crippen LogP contribution >= 0.6 is 0 Å². The standard InChI is InChI=1S/C20H34N6O2/c1-13(2)28-15-5-6-17(24-21)16(9-15)14(3)18-10-19(23-12-22-18)26-8-7-25(4)20(27)11-26/h5,10,12-13,16-18,20,24,27H,3,6-9,11,21H2,1-2,4H3,(H,22,23)/t16-,17-,18-,20-/m1/s1. The normalized spacial score (nSPS) is 31.3. The third-order valence-corrected chi connectivity index (χ3v) is 5.69. The maximum atomic E-state index is 10.2. The first-order valence-corrected chi connectivity index (χ1v) is 10.0. The van der Waals surface area contributed by atoms with Gasteiger partial charge in [0.2, 0.25) is 0 Å². The van der Waals surface area contributed by atoms with Gasteiger partial charge in [0.05, 0.1) is 30.8 Å². The van der Waals surface area contributed by atoms with Crippen molar-refractivity contribution in [2.45, 2.75) is 51.1 Å². The van der Waals surface area contributed by atoms with Gasteiger partial charge in [-0.15, -0.1) is 0 Å². The van der Waals surface area contributed by atoms with E-state index in [9.17, 15) is 5.11 Å². The van der Waals surface area contributed by atoms with Crippen molar-refractivity contribution in [3.05, 3.63) is 35.9 Å². The van der Waals surface area contributed by atoms with Crippen LogP contribution in [0.25, 0.3) is 0 Å². The molecule has 0 spiro atoms. The molecule has 2 aliphatic heterocycles. The first-order chi connectivity index (χ1) is 13.4. The van der Waals surface area contributed by atoms with Crippen LogP contribution in [0.2, 0.25) is 0 Å². The number of allylic oxidation sites excluding steroid dienone is 1. The molecule has 1 saturated heterocycles. The summed E-state index contributed by atoms with van der Waals surface area (Å²) in [5.74, 6) is 7.85. The summed E-state index contributed by atoms with van der Waals surface area (Å²) in [4.78, 5) is 8.55. The number of nitrogens with zero attached hydrogens (tertiary/aromatic N) is 3. The van der Waals surface area contributed by atoms with E-state index < -0.39 is 6.23 Å². The fourth-order valence-corrected chi connectivity index (χ4v) is 3.96. The van der Waals surface area contributed by atoms with Gasteiger partial charge in [-0.1, -0.05) is 6.58 Å². The SMILES string of the molecule is C=C([C@H]1CC(OC(C)C)=CC[C@H]1NN)[C@H]1C=C(N2CCN(C)[C@H](O)C2)N=CN1. The van der Waals surface area contributed by atoms with Crippen LogP contribution in [-0.4, -0.2) is 72.3 Å². The number of hydrogen-bond donors (Lipinski definition) is 4. The van der Waals surface area contributed by atoms with Crippen LogP contribution < -0.4 is 16.6 Å². The van der Waals surface area contributed by atoms with Crippen LogP contribution in [0.4, 0.5) is 0 Å². The molecule has 0 saturated carbocycles. The number of rotatable bonds is 6. The van der Waals surface area contributed by atoms with Gasteiger partial charge in [0, 0.05) is 31.5 Å². The van der Waals surface area contributed by atoms with Crippen LogP contribution in [0, 0.1) is 5.92 Å². The predicted octanol–water partition coefficient (Wildman–Crippen LogP) is 0.501. The van der Waals surface area contributed by atoms with E-state index in [-0.39, 0.29) is 24.1 Å². The molecule has 4 atom stereocenters. The maximum absolute atomic E-state index is 10.2. The highest BCUT2D eigenvalue weighted by Crippen LogP contribution is 2.33. The minimum Gasteiger partial charge on any atom is -0.496 e. The summed E-state index contributed by atoms with van der Waals surface area (Å²) in [6.45, 7) is 10.7. The molecular formula is C20H34N6O2. The van der Waals surface area contributed by atoms with Gasteiger partial charge >= 0.3 is 0 Å². The Kier molecular flexibility index (Phi) is 6.77. The lowest BCUT2D eigenvalue weighted by Crippen LogP contribution is -2.51. The summed E-state index contributed by atoms with van der Waals surface area (Å²) in [7, 11) is 1.93. The van der Waals surface area contributed by atoms with Gasteiger partial charge in [-0.05, 0) is 45.0 Å². The van der Waals surface area contributed by atoms with E-state index in [1.54, 1.807) is 6.34 Å². The van der Waals surface area contributed by atoms with Crippen LogP contribution in [0.1, 0.15) is 26.7 Å². The van der Waals surface area contributed by atoms with Crippen LogP contribution in [0.15, 0.2) is 40.9 Å². The van der Waals surface area contributed by atoms with Gasteiger partial charge in [0.15, 0.2) is 0 Å². The fraction of sp³-hybridized carbons (Fsp3) is 0.650. The summed E-state index contributed by atoms with van der Waals surface area (Å²) < 4.78 is 5.94. The highest BCUT2D eigenvalue weighted by Gasteiger charge is 2.32. The monoisotopic (exact) mass is 390 g/mol. The molecule has 0 unspecified atom stereocenters. The van der Waals surface area contributed by atoms with Crippen molar-refractivity contribution < 1.29 is 9.84 Å². The molecule has 156 valence electrons. The van der Waals surface area contributed by atoms with Gasteiger partial charge in [-0.2, -0.15) is 0 Å². The Bertz CT molecular complexity index is 659. The molecule has 1 fully saturated rings. The van der Waals surface area contributed by atoms with Crippen LogP contribution in [-0.2, 0) is 4.74 Å². The molecule has 8 nitrogen and oxygen atoms in total. The summed E-state index contributed by atoms with van der Waals surface area (Å²) in [5, 5.41) is 13.5. The number of aliphatic hydroxyl groups is 1. The minimum atomic E-state index is -0.480. The Balaban J connectivity index is 1.71. The number of hydrazine groups is 1. The summed E-state index contributed by atoms with van der Waals surface area (Å²) >= 11 is 0. The Morgan fingerprint density at radius 1 is 1.46 bits per heavy atom. The van der Waals surface area contributed by atoms with Crippen molar-refractivity contribution in [2.75, 3.05) is 26.7 Å². The molecule has 0 aromatic carbocycles. The Labute approximate surface area is 167 Å². The number of β-amino-alcohol motifs (C(OH)–C–C–N with tert-alkyl or cyclic N) is 1. The molecule has 8 heteroatoms. The lowest BCUT2D eigenvalue weighted by molar-refractivity contribution is -0.0316. The van der Waals surface area contributed by atoms with E-state index in [1.165, 1.54) is 0 Å². The molecular weight excluding hydrogens is 356 g/mol. The highest BCUT2D eigenvalue weighted by atomic mass is 16.5.